The molecule has 100 valence electrons. The van der Waals surface area contributed by atoms with E-state index in [1.165, 1.54) is 0 Å². The number of para-hydroxylation sites is 1. The zero-order chi connectivity index (χ0) is 13.4. The maximum atomic E-state index is 11.4. The maximum Gasteiger partial charge on any atom is 0.306 e. The molecule has 0 spiro atoms. The standard InChI is InChI=1S/C14H19ClO3/c1-3-4-9-14(16)18-11(2)10-17-13-8-6-5-7-12(13)15/h5-8,11H,3-4,9-10H2,1-2H3/t11-/m1/s1. The van der Waals surface area contributed by atoms with Crippen LogP contribution in [-0.4, -0.2) is 18.7 Å². The molecule has 0 radical (unpaired) electrons. The van der Waals surface area contributed by atoms with Gasteiger partial charge in [-0.15, -0.1) is 0 Å². The normalized spacial score (nSPS) is 11.9. The van der Waals surface area contributed by atoms with Gasteiger partial charge in [0.2, 0.25) is 0 Å². The van der Waals surface area contributed by atoms with Crippen LogP contribution >= 0.6 is 11.6 Å². The lowest BCUT2D eigenvalue weighted by molar-refractivity contribution is -0.149. The van der Waals surface area contributed by atoms with Crippen LogP contribution < -0.4 is 4.74 Å². The van der Waals surface area contributed by atoms with Crippen LogP contribution in [0.5, 0.6) is 5.75 Å². The minimum Gasteiger partial charge on any atom is -0.488 e. The smallest absolute Gasteiger partial charge is 0.306 e. The van der Waals surface area contributed by atoms with Gasteiger partial charge in [0.1, 0.15) is 18.5 Å². The fourth-order valence-corrected chi connectivity index (χ4v) is 1.60. The van der Waals surface area contributed by atoms with Gasteiger partial charge in [0, 0.05) is 6.42 Å². The number of esters is 1. The maximum absolute atomic E-state index is 11.4. The van der Waals surface area contributed by atoms with E-state index in [0.717, 1.165) is 12.8 Å². The molecule has 0 aliphatic carbocycles. The molecule has 0 aliphatic heterocycles. The van der Waals surface area contributed by atoms with Crippen molar-refractivity contribution in [3.05, 3.63) is 29.3 Å². The molecule has 1 rings (SSSR count). The predicted octanol–water partition coefficient (Wildman–Crippen LogP) is 3.84. The van der Waals surface area contributed by atoms with Gasteiger partial charge in [-0.3, -0.25) is 4.79 Å². The van der Waals surface area contributed by atoms with Gasteiger partial charge in [0.15, 0.2) is 0 Å². The van der Waals surface area contributed by atoms with Gasteiger partial charge in [0.25, 0.3) is 0 Å². The van der Waals surface area contributed by atoms with Gasteiger partial charge < -0.3 is 9.47 Å². The summed E-state index contributed by atoms with van der Waals surface area (Å²) in [6.07, 6.45) is 2.04. The second-order valence-electron chi connectivity index (χ2n) is 4.15. The van der Waals surface area contributed by atoms with Crippen molar-refractivity contribution < 1.29 is 14.3 Å². The predicted molar refractivity (Wildman–Crippen MR) is 72.0 cm³/mol. The third-order valence-electron chi connectivity index (χ3n) is 2.38. The van der Waals surface area contributed by atoms with Gasteiger partial charge in [-0.2, -0.15) is 0 Å². The Morgan fingerprint density at radius 1 is 1.39 bits per heavy atom. The molecule has 4 heteroatoms. The van der Waals surface area contributed by atoms with Crippen molar-refractivity contribution in [1.29, 1.82) is 0 Å². The molecular formula is C14H19ClO3. The summed E-state index contributed by atoms with van der Waals surface area (Å²) in [5.74, 6) is 0.433. The zero-order valence-corrected chi connectivity index (χ0v) is 11.6. The Morgan fingerprint density at radius 3 is 2.78 bits per heavy atom. The number of unbranched alkanes of at least 4 members (excludes halogenated alkanes) is 1. The molecule has 0 heterocycles. The summed E-state index contributed by atoms with van der Waals surface area (Å²) in [6, 6.07) is 7.23. The highest BCUT2D eigenvalue weighted by atomic mass is 35.5. The minimum atomic E-state index is -0.273. The van der Waals surface area contributed by atoms with Crippen LogP contribution in [0, 0.1) is 0 Å². The fraction of sp³-hybridized carbons (Fsp3) is 0.500. The summed E-state index contributed by atoms with van der Waals surface area (Å²) >= 11 is 5.95. The highest BCUT2D eigenvalue weighted by Gasteiger charge is 2.10. The molecular weight excluding hydrogens is 252 g/mol. The summed E-state index contributed by atoms with van der Waals surface area (Å²) in [6.45, 7) is 4.15. The largest absolute Gasteiger partial charge is 0.488 e. The van der Waals surface area contributed by atoms with Crippen molar-refractivity contribution in [1.82, 2.24) is 0 Å². The van der Waals surface area contributed by atoms with Crippen molar-refractivity contribution in [3.8, 4) is 5.75 Å². The lowest BCUT2D eigenvalue weighted by atomic mass is 10.2. The van der Waals surface area contributed by atoms with E-state index in [0.29, 0.717) is 23.8 Å². The van der Waals surface area contributed by atoms with Crippen LogP contribution in [0.4, 0.5) is 0 Å². The Hall–Kier alpha value is -1.22. The fourth-order valence-electron chi connectivity index (χ4n) is 1.41. The molecule has 0 amide bonds. The van der Waals surface area contributed by atoms with Crippen molar-refractivity contribution >= 4 is 17.6 Å². The van der Waals surface area contributed by atoms with Crippen LogP contribution in [0.3, 0.4) is 0 Å². The van der Waals surface area contributed by atoms with Gasteiger partial charge >= 0.3 is 5.97 Å². The molecule has 0 aromatic heterocycles. The molecule has 1 aromatic rings. The number of rotatable bonds is 7. The summed E-state index contributed by atoms with van der Waals surface area (Å²) in [7, 11) is 0. The highest BCUT2D eigenvalue weighted by Crippen LogP contribution is 2.23. The molecule has 1 atom stereocenters. The van der Waals surface area contributed by atoms with Crippen LogP contribution in [0.1, 0.15) is 33.1 Å². The number of halogens is 1. The molecule has 0 N–H and O–H groups in total. The molecule has 0 unspecified atom stereocenters. The molecule has 18 heavy (non-hydrogen) atoms. The van der Waals surface area contributed by atoms with Gasteiger partial charge in [-0.05, 0) is 25.5 Å². The number of hydrogen-bond donors (Lipinski definition) is 0. The van der Waals surface area contributed by atoms with Gasteiger partial charge in [0.05, 0.1) is 5.02 Å². The monoisotopic (exact) mass is 270 g/mol. The summed E-state index contributed by atoms with van der Waals surface area (Å²) < 4.78 is 10.7. The van der Waals surface area contributed by atoms with E-state index in [1.54, 1.807) is 19.1 Å². The number of ether oxygens (including phenoxy) is 2. The van der Waals surface area contributed by atoms with Crippen LogP contribution in [0.25, 0.3) is 0 Å². The summed E-state index contributed by atoms with van der Waals surface area (Å²) in [5.41, 5.74) is 0. The minimum absolute atomic E-state index is 0.174. The van der Waals surface area contributed by atoms with E-state index < -0.39 is 0 Å². The molecule has 0 fully saturated rings. The Labute approximate surface area is 113 Å². The van der Waals surface area contributed by atoms with Gasteiger partial charge in [-0.25, -0.2) is 0 Å². The molecule has 0 saturated carbocycles. The Kier molecular flexibility index (Phi) is 6.58. The quantitative estimate of drug-likeness (QED) is 0.706. The third-order valence-corrected chi connectivity index (χ3v) is 2.69. The number of carbonyl (C=O) groups excluding carboxylic acids is 1. The van der Waals surface area contributed by atoms with Gasteiger partial charge in [-0.1, -0.05) is 37.1 Å². The lowest BCUT2D eigenvalue weighted by Crippen LogP contribution is -2.21. The Balaban J connectivity index is 2.31. The number of hydrogen-bond acceptors (Lipinski definition) is 3. The van der Waals surface area contributed by atoms with Crippen LogP contribution in [0.2, 0.25) is 5.02 Å². The zero-order valence-electron chi connectivity index (χ0n) is 10.8. The van der Waals surface area contributed by atoms with Crippen molar-refractivity contribution in [2.24, 2.45) is 0 Å². The van der Waals surface area contributed by atoms with E-state index in [1.807, 2.05) is 19.1 Å². The molecule has 1 aromatic carbocycles. The lowest BCUT2D eigenvalue weighted by Gasteiger charge is -2.14. The third kappa shape index (κ3) is 5.41. The average Bonchev–Trinajstić information content (AvgIpc) is 2.35. The first-order valence-corrected chi connectivity index (χ1v) is 6.58. The molecule has 0 aliphatic rings. The van der Waals surface area contributed by atoms with Crippen molar-refractivity contribution in [2.75, 3.05) is 6.61 Å². The average molecular weight is 271 g/mol. The molecule has 0 saturated heterocycles. The first-order chi connectivity index (χ1) is 8.63. The van der Waals surface area contributed by atoms with Crippen molar-refractivity contribution in [3.63, 3.8) is 0 Å². The Morgan fingerprint density at radius 2 is 2.11 bits per heavy atom. The van der Waals surface area contributed by atoms with E-state index in [-0.39, 0.29) is 12.1 Å². The number of benzene rings is 1. The van der Waals surface area contributed by atoms with E-state index in [9.17, 15) is 4.79 Å². The highest BCUT2D eigenvalue weighted by molar-refractivity contribution is 6.32. The molecule has 3 nitrogen and oxygen atoms in total. The first-order valence-electron chi connectivity index (χ1n) is 6.20. The van der Waals surface area contributed by atoms with Crippen molar-refractivity contribution in [2.45, 2.75) is 39.2 Å². The topological polar surface area (TPSA) is 35.5 Å². The van der Waals surface area contributed by atoms with Crippen LogP contribution in [0.15, 0.2) is 24.3 Å². The van der Waals surface area contributed by atoms with E-state index in [4.69, 9.17) is 21.1 Å². The van der Waals surface area contributed by atoms with E-state index in [2.05, 4.69) is 0 Å². The van der Waals surface area contributed by atoms with E-state index >= 15 is 0 Å². The Bertz CT molecular complexity index is 379. The summed E-state index contributed by atoms with van der Waals surface area (Å²) in [4.78, 5) is 11.4. The SMILES string of the molecule is CCCCC(=O)O[C@H](C)COc1ccccc1Cl. The summed E-state index contributed by atoms with van der Waals surface area (Å²) in [5, 5.41) is 0.557. The second-order valence-corrected chi connectivity index (χ2v) is 4.55. The molecule has 0 bridgehead atoms. The first kappa shape index (κ1) is 14.8. The van der Waals surface area contributed by atoms with Crippen LogP contribution in [-0.2, 0) is 9.53 Å². The number of carbonyl (C=O) groups is 1. The second kappa shape index (κ2) is 7.98.